The fourth-order valence-electron chi connectivity index (χ4n) is 4.66. The standard InChI is InChI=1S/C13H24O5Si.C13H22O5Si/c2*1-12(2,3)19(4,5)18-9-7-13(16)6-8(10(9)14)17-11(13)15/h8-10,14,16H,6-7H2,1-5H3;8-9,16H,6-7H2,1-5H3/t8-,9-,10+,13-;8-,9-,13-/m11/s1. The minimum absolute atomic E-state index is 0.0106. The summed E-state index contributed by atoms with van der Waals surface area (Å²) in [6.07, 6.45) is -3.19. The fraction of sp³-hybridized carbons (Fsp3) is 0.885. The second-order valence-electron chi connectivity index (χ2n) is 14.4. The Balaban J connectivity index is 0.000000211. The fourth-order valence-corrected chi connectivity index (χ4v) is 7.26. The quantitative estimate of drug-likeness (QED) is 0.338. The van der Waals surface area contributed by atoms with Gasteiger partial charge in [0, 0.05) is 25.7 Å². The van der Waals surface area contributed by atoms with E-state index < -0.39 is 70.3 Å². The Morgan fingerprint density at radius 1 is 0.763 bits per heavy atom. The summed E-state index contributed by atoms with van der Waals surface area (Å²) in [7, 11) is -4.18. The average Bonchev–Trinajstić information content (AvgIpc) is 3.13. The molecule has 0 aromatic carbocycles. The number of carbonyl (C=O) groups excluding carboxylic acids is 3. The first-order valence-electron chi connectivity index (χ1n) is 13.4. The number of aliphatic hydroxyl groups is 3. The maximum atomic E-state index is 12.2. The maximum absolute atomic E-state index is 12.2. The third-order valence-electron chi connectivity index (χ3n) is 9.28. The molecule has 4 bridgehead atoms. The summed E-state index contributed by atoms with van der Waals surface area (Å²) in [4.78, 5) is 35.4. The zero-order valence-electron chi connectivity index (χ0n) is 24.4. The van der Waals surface area contributed by atoms with E-state index in [2.05, 4.69) is 54.6 Å². The van der Waals surface area contributed by atoms with E-state index in [0.717, 1.165) is 0 Å². The molecule has 4 rings (SSSR count). The summed E-state index contributed by atoms with van der Waals surface area (Å²) >= 11 is 0. The van der Waals surface area contributed by atoms with Crippen LogP contribution in [0.3, 0.4) is 0 Å². The van der Waals surface area contributed by atoms with Crippen LogP contribution in [-0.4, -0.2) is 91.4 Å². The van der Waals surface area contributed by atoms with E-state index in [1.54, 1.807) is 0 Å². The lowest BCUT2D eigenvalue weighted by molar-refractivity contribution is -0.155. The first kappa shape index (κ1) is 31.4. The number of hydrogen-bond donors (Lipinski definition) is 3. The first-order chi connectivity index (χ1) is 16.9. The van der Waals surface area contributed by atoms with Gasteiger partial charge >= 0.3 is 11.9 Å². The Hall–Kier alpha value is -1.16. The van der Waals surface area contributed by atoms with Gasteiger partial charge in [-0.25, -0.2) is 9.59 Å². The Morgan fingerprint density at radius 3 is 1.76 bits per heavy atom. The molecule has 0 aromatic heterocycles. The highest BCUT2D eigenvalue weighted by Gasteiger charge is 2.60. The zero-order valence-corrected chi connectivity index (χ0v) is 26.4. The molecule has 4 aliphatic rings. The van der Waals surface area contributed by atoms with E-state index in [9.17, 15) is 29.7 Å². The van der Waals surface area contributed by atoms with Gasteiger partial charge in [0.15, 0.2) is 33.9 Å². The lowest BCUT2D eigenvalue weighted by Gasteiger charge is -2.43. The van der Waals surface area contributed by atoms with E-state index in [1.165, 1.54) is 0 Å². The van der Waals surface area contributed by atoms with Crippen LogP contribution >= 0.6 is 0 Å². The minimum Gasteiger partial charge on any atom is -0.457 e. The number of esters is 2. The van der Waals surface area contributed by atoms with Crippen LogP contribution < -0.4 is 0 Å². The molecule has 4 fully saturated rings. The Morgan fingerprint density at radius 2 is 1.24 bits per heavy atom. The Labute approximate surface area is 227 Å². The van der Waals surface area contributed by atoms with E-state index in [4.69, 9.17) is 18.3 Å². The van der Waals surface area contributed by atoms with Gasteiger partial charge < -0.3 is 33.6 Å². The highest BCUT2D eigenvalue weighted by Crippen LogP contribution is 2.44. The topological polar surface area (TPSA) is 149 Å². The number of rotatable bonds is 4. The molecule has 2 heterocycles. The van der Waals surface area contributed by atoms with Gasteiger partial charge in [-0.1, -0.05) is 41.5 Å². The van der Waals surface area contributed by atoms with Gasteiger partial charge in [0.2, 0.25) is 5.78 Å². The molecule has 0 spiro atoms. The number of fused-ring (bicyclic) bond motifs is 4. The van der Waals surface area contributed by atoms with E-state index in [1.807, 2.05) is 13.1 Å². The minimum atomic E-state index is -2.12. The van der Waals surface area contributed by atoms with Crippen molar-refractivity contribution in [2.24, 2.45) is 0 Å². The summed E-state index contributed by atoms with van der Waals surface area (Å²) < 4.78 is 22.1. The molecule has 12 heteroatoms. The molecule has 0 unspecified atom stereocenters. The molecule has 2 saturated heterocycles. The van der Waals surface area contributed by atoms with Gasteiger partial charge in [0.05, 0.1) is 6.10 Å². The molecule has 2 aliphatic heterocycles. The predicted octanol–water partition coefficient (Wildman–Crippen LogP) is 2.58. The van der Waals surface area contributed by atoms with Crippen molar-refractivity contribution < 1.29 is 48.0 Å². The summed E-state index contributed by atoms with van der Waals surface area (Å²) in [5.74, 6) is -1.52. The van der Waals surface area contributed by atoms with Gasteiger partial charge in [0.25, 0.3) is 0 Å². The summed E-state index contributed by atoms with van der Waals surface area (Å²) in [6, 6.07) is 0. The van der Waals surface area contributed by atoms with Crippen LogP contribution in [0.4, 0.5) is 0 Å². The van der Waals surface area contributed by atoms with Crippen LogP contribution in [0.15, 0.2) is 0 Å². The molecule has 218 valence electrons. The monoisotopic (exact) mass is 574 g/mol. The molecule has 38 heavy (non-hydrogen) atoms. The molecular formula is C26H46O10Si2. The lowest BCUT2D eigenvalue weighted by Crippen LogP contribution is -2.55. The lowest BCUT2D eigenvalue weighted by atomic mass is 9.82. The molecular weight excluding hydrogens is 528 g/mol. The van der Waals surface area contributed by atoms with Crippen LogP contribution in [0.2, 0.25) is 36.3 Å². The molecule has 3 N–H and O–H groups in total. The Bertz CT molecular complexity index is 968. The highest BCUT2D eigenvalue weighted by atomic mass is 28.4. The van der Waals surface area contributed by atoms with Gasteiger partial charge in [0.1, 0.15) is 18.3 Å². The number of ether oxygens (including phenoxy) is 2. The predicted molar refractivity (Wildman–Crippen MR) is 143 cm³/mol. The number of hydrogen-bond acceptors (Lipinski definition) is 10. The molecule has 0 amide bonds. The van der Waals surface area contributed by atoms with Gasteiger partial charge in [-0.05, 0) is 36.3 Å². The smallest absolute Gasteiger partial charge is 0.339 e. The van der Waals surface area contributed by atoms with Gasteiger partial charge in [-0.15, -0.1) is 0 Å². The highest BCUT2D eigenvalue weighted by molar-refractivity contribution is 6.74. The first-order valence-corrected chi connectivity index (χ1v) is 19.2. The van der Waals surface area contributed by atoms with E-state index in [0.29, 0.717) is 0 Å². The SMILES string of the molecule is CC(C)(C)[Si](C)(C)O[C@@H]1C[C@]2(O)C[C@@H](OC2=O)C1=O.CC(C)(C)[Si](C)(C)O[C@@H]1C[C@]2(O)C[C@@H](OC2=O)[C@@H]1O. The van der Waals surface area contributed by atoms with E-state index in [-0.39, 0.29) is 41.5 Å². The Kier molecular flexibility index (Phi) is 8.04. The van der Waals surface area contributed by atoms with Crippen molar-refractivity contribution in [3.8, 4) is 0 Å². The number of aliphatic hydroxyl groups excluding tert-OH is 1. The molecule has 10 nitrogen and oxygen atoms in total. The third kappa shape index (κ3) is 5.82. The van der Waals surface area contributed by atoms with Crippen molar-refractivity contribution in [2.75, 3.05) is 0 Å². The number of carbonyl (C=O) groups is 3. The van der Waals surface area contributed by atoms with Crippen molar-refractivity contribution >= 4 is 34.4 Å². The van der Waals surface area contributed by atoms with Gasteiger partial charge in [-0.2, -0.15) is 0 Å². The molecule has 2 saturated carbocycles. The molecule has 7 atom stereocenters. The summed E-state index contributed by atoms with van der Waals surface area (Å²) in [6.45, 7) is 20.8. The largest absolute Gasteiger partial charge is 0.457 e. The van der Waals surface area contributed by atoms with Crippen LogP contribution in [0.25, 0.3) is 0 Å². The second-order valence-corrected chi connectivity index (χ2v) is 23.9. The summed E-state index contributed by atoms with van der Waals surface area (Å²) in [5.41, 5.74) is -3.01. The second kappa shape index (κ2) is 9.74. The third-order valence-corrected chi connectivity index (χ3v) is 18.3. The zero-order chi connectivity index (χ0) is 29.3. The molecule has 0 aromatic rings. The average molecular weight is 575 g/mol. The normalized spacial score (nSPS) is 37.4. The van der Waals surface area contributed by atoms with Crippen LogP contribution in [0.1, 0.15) is 67.2 Å². The molecule has 2 aliphatic carbocycles. The van der Waals surface area contributed by atoms with Crippen molar-refractivity contribution in [1.29, 1.82) is 0 Å². The van der Waals surface area contributed by atoms with Crippen molar-refractivity contribution in [2.45, 2.75) is 145 Å². The van der Waals surface area contributed by atoms with Crippen molar-refractivity contribution in [1.82, 2.24) is 0 Å². The van der Waals surface area contributed by atoms with E-state index >= 15 is 0 Å². The maximum Gasteiger partial charge on any atom is 0.339 e. The van der Waals surface area contributed by atoms with Crippen molar-refractivity contribution in [3.63, 3.8) is 0 Å². The van der Waals surface area contributed by atoms with Crippen LogP contribution in [-0.2, 0) is 32.7 Å². The number of Topliss-reactive ketones (excluding diaryl/α,β-unsaturated/α-hetero) is 1. The van der Waals surface area contributed by atoms with Crippen LogP contribution in [0, 0.1) is 0 Å². The number of ketones is 1. The van der Waals surface area contributed by atoms with Gasteiger partial charge in [-0.3, -0.25) is 4.79 Å². The van der Waals surface area contributed by atoms with Crippen molar-refractivity contribution in [3.05, 3.63) is 0 Å². The summed E-state index contributed by atoms with van der Waals surface area (Å²) in [5, 5.41) is 30.6. The van der Waals surface area contributed by atoms with Crippen LogP contribution in [0.5, 0.6) is 0 Å². The molecule has 0 radical (unpaired) electrons.